The number of aromatic nitrogens is 4. The number of benzene rings is 1. The molecule has 0 saturated heterocycles. The van der Waals surface area contributed by atoms with E-state index in [9.17, 15) is 4.79 Å². The van der Waals surface area contributed by atoms with E-state index >= 15 is 0 Å². The molecule has 2 aromatic rings. The Bertz CT molecular complexity index is 655. The van der Waals surface area contributed by atoms with E-state index in [4.69, 9.17) is 9.84 Å². The summed E-state index contributed by atoms with van der Waals surface area (Å²) in [5.74, 6) is -0.0457. The van der Waals surface area contributed by atoms with Gasteiger partial charge in [-0.25, -0.2) is 0 Å². The summed E-state index contributed by atoms with van der Waals surface area (Å²) in [6.07, 6.45) is 1.48. The van der Waals surface area contributed by atoms with Crippen molar-refractivity contribution in [3.63, 3.8) is 0 Å². The fraction of sp³-hybridized carbons (Fsp3) is 0.429. The number of ether oxygens (including phenoxy) is 1. The Morgan fingerprint density at radius 3 is 3.00 bits per heavy atom. The fourth-order valence-electron chi connectivity index (χ4n) is 2.32. The van der Waals surface area contributed by atoms with Crippen molar-refractivity contribution >= 4 is 5.97 Å². The van der Waals surface area contributed by atoms with Gasteiger partial charge < -0.3 is 9.84 Å². The molecule has 0 aliphatic heterocycles. The number of aliphatic carboxylic acids is 1. The van der Waals surface area contributed by atoms with E-state index in [1.807, 2.05) is 31.2 Å². The van der Waals surface area contributed by atoms with Crippen LogP contribution in [0, 0.1) is 5.92 Å². The number of carboxylic acids is 1. The average molecular weight is 288 g/mol. The Hall–Kier alpha value is -2.44. The smallest absolute Gasteiger partial charge is 0.307 e. The largest absolute Gasteiger partial charge is 0.491 e. The van der Waals surface area contributed by atoms with Crippen LogP contribution in [0.4, 0.5) is 0 Å². The maximum Gasteiger partial charge on any atom is 0.307 e. The summed E-state index contributed by atoms with van der Waals surface area (Å²) < 4.78 is 7.29. The second-order valence-corrected chi connectivity index (χ2v) is 5.05. The first kappa shape index (κ1) is 13.5. The minimum absolute atomic E-state index is 0.128. The van der Waals surface area contributed by atoms with Gasteiger partial charge >= 0.3 is 5.97 Å². The van der Waals surface area contributed by atoms with Gasteiger partial charge in [-0.1, -0.05) is 19.1 Å². The monoisotopic (exact) mass is 288 g/mol. The molecule has 7 nitrogen and oxygen atoms in total. The first-order valence-electron chi connectivity index (χ1n) is 6.95. The van der Waals surface area contributed by atoms with E-state index < -0.39 is 11.9 Å². The molecule has 7 heteroatoms. The number of hydrogen-bond donors (Lipinski definition) is 1. The number of carboxylic acid groups (broad SMARTS) is 1. The second-order valence-electron chi connectivity index (χ2n) is 5.05. The fourth-order valence-corrected chi connectivity index (χ4v) is 2.32. The number of carbonyl (C=O) groups is 1. The Kier molecular flexibility index (Phi) is 3.55. The predicted octanol–water partition coefficient (Wildman–Crippen LogP) is 1.64. The van der Waals surface area contributed by atoms with Crippen molar-refractivity contribution in [2.24, 2.45) is 5.92 Å². The van der Waals surface area contributed by atoms with Crippen LogP contribution in [0.2, 0.25) is 0 Å². The summed E-state index contributed by atoms with van der Waals surface area (Å²) in [6, 6.07) is 7.48. The highest BCUT2D eigenvalue weighted by Gasteiger charge is 2.47. The molecule has 1 fully saturated rings. The van der Waals surface area contributed by atoms with Crippen LogP contribution in [0.15, 0.2) is 24.3 Å². The molecule has 1 aromatic carbocycles. The van der Waals surface area contributed by atoms with Crippen molar-refractivity contribution in [1.29, 1.82) is 0 Å². The standard InChI is InChI=1S/C14H16N4O3/c1-2-7-21-12-6-4-3-5-11(12)18-13(15-16-17-18)9-8-10(9)14(19)20/h3-6,9-10H,2,7-8H2,1H3,(H,19,20). The third-order valence-electron chi connectivity index (χ3n) is 3.49. The van der Waals surface area contributed by atoms with Gasteiger partial charge in [0, 0.05) is 5.92 Å². The lowest BCUT2D eigenvalue weighted by molar-refractivity contribution is -0.138. The third kappa shape index (κ3) is 2.58. The van der Waals surface area contributed by atoms with Gasteiger partial charge in [0.2, 0.25) is 0 Å². The lowest BCUT2D eigenvalue weighted by Crippen LogP contribution is -2.08. The molecule has 0 spiro atoms. The number of rotatable bonds is 6. The zero-order chi connectivity index (χ0) is 14.8. The van der Waals surface area contributed by atoms with Crippen LogP contribution in [0.25, 0.3) is 5.69 Å². The highest BCUT2D eigenvalue weighted by atomic mass is 16.5. The van der Waals surface area contributed by atoms with Crippen molar-refractivity contribution in [3.05, 3.63) is 30.1 Å². The maximum atomic E-state index is 11.0. The second kappa shape index (κ2) is 5.51. The average Bonchev–Trinajstić information content (AvgIpc) is 3.15. The maximum absolute atomic E-state index is 11.0. The highest BCUT2D eigenvalue weighted by Crippen LogP contribution is 2.47. The van der Waals surface area contributed by atoms with E-state index in [2.05, 4.69) is 15.5 Å². The number of para-hydroxylation sites is 2. The van der Waals surface area contributed by atoms with E-state index in [-0.39, 0.29) is 5.92 Å². The number of tetrazole rings is 1. The SMILES string of the molecule is CCCOc1ccccc1-n1nnnc1C1CC1C(=O)O. The molecule has 110 valence electrons. The van der Waals surface area contributed by atoms with Crippen molar-refractivity contribution in [1.82, 2.24) is 20.2 Å². The highest BCUT2D eigenvalue weighted by molar-refractivity contribution is 5.74. The molecule has 0 radical (unpaired) electrons. The molecule has 1 heterocycles. The van der Waals surface area contributed by atoms with Crippen LogP contribution in [0.3, 0.4) is 0 Å². The third-order valence-corrected chi connectivity index (χ3v) is 3.49. The molecule has 0 bridgehead atoms. The molecule has 1 N–H and O–H groups in total. The van der Waals surface area contributed by atoms with Crippen LogP contribution in [0.1, 0.15) is 31.5 Å². The topological polar surface area (TPSA) is 90.1 Å². The molecule has 2 unspecified atom stereocenters. The Labute approximate surface area is 121 Å². The van der Waals surface area contributed by atoms with Gasteiger partial charge in [-0.05, 0) is 35.4 Å². The first-order chi connectivity index (χ1) is 10.2. The predicted molar refractivity (Wildman–Crippen MR) is 73.4 cm³/mol. The molecular weight excluding hydrogens is 272 g/mol. The summed E-state index contributed by atoms with van der Waals surface area (Å²) >= 11 is 0. The van der Waals surface area contributed by atoms with Crippen LogP contribution >= 0.6 is 0 Å². The van der Waals surface area contributed by atoms with Crippen LogP contribution in [-0.4, -0.2) is 37.9 Å². The van der Waals surface area contributed by atoms with E-state index in [1.165, 1.54) is 0 Å². The van der Waals surface area contributed by atoms with Gasteiger partial charge in [-0.15, -0.1) is 5.10 Å². The van der Waals surface area contributed by atoms with E-state index in [0.717, 1.165) is 12.1 Å². The molecule has 1 aromatic heterocycles. The molecule has 1 aliphatic carbocycles. The van der Waals surface area contributed by atoms with Crippen LogP contribution in [-0.2, 0) is 4.79 Å². The lowest BCUT2D eigenvalue weighted by Gasteiger charge is -2.11. The molecule has 2 atom stereocenters. The number of nitrogens with zero attached hydrogens (tertiary/aromatic N) is 4. The summed E-state index contributed by atoms with van der Waals surface area (Å²) in [7, 11) is 0. The summed E-state index contributed by atoms with van der Waals surface area (Å²) in [5, 5.41) is 20.7. The quantitative estimate of drug-likeness (QED) is 0.869. The van der Waals surface area contributed by atoms with E-state index in [0.29, 0.717) is 24.6 Å². The zero-order valence-corrected chi connectivity index (χ0v) is 11.6. The summed E-state index contributed by atoms with van der Waals surface area (Å²) in [5.41, 5.74) is 0.738. The van der Waals surface area contributed by atoms with Gasteiger partial charge in [0.1, 0.15) is 11.4 Å². The van der Waals surface area contributed by atoms with Crippen LogP contribution < -0.4 is 4.74 Å². The molecule has 1 saturated carbocycles. The van der Waals surface area contributed by atoms with Gasteiger partial charge in [0.25, 0.3) is 0 Å². The van der Waals surface area contributed by atoms with Crippen LogP contribution in [0.5, 0.6) is 5.75 Å². The Balaban J connectivity index is 1.92. The molecule has 21 heavy (non-hydrogen) atoms. The van der Waals surface area contributed by atoms with Crippen molar-refractivity contribution in [2.75, 3.05) is 6.61 Å². The Morgan fingerprint density at radius 2 is 2.29 bits per heavy atom. The normalized spacial score (nSPS) is 20.2. The van der Waals surface area contributed by atoms with Crippen molar-refractivity contribution in [2.45, 2.75) is 25.7 Å². The van der Waals surface area contributed by atoms with Gasteiger partial charge in [-0.3, -0.25) is 4.79 Å². The molecule has 1 aliphatic rings. The van der Waals surface area contributed by atoms with Gasteiger partial charge in [0.05, 0.1) is 12.5 Å². The molecular formula is C14H16N4O3. The minimum Gasteiger partial charge on any atom is -0.491 e. The lowest BCUT2D eigenvalue weighted by atomic mass is 10.2. The molecule has 3 rings (SSSR count). The summed E-state index contributed by atoms with van der Waals surface area (Å²) in [4.78, 5) is 11.0. The van der Waals surface area contributed by atoms with Gasteiger partial charge in [0.15, 0.2) is 5.82 Å². The summed E-state index contributed by atoms with van der Waals surface area (Å²) in [6.45, 7) is 2.64. The van der Waals surface area contributed by atoms with Crippen molar-refractivity contribution < 1.29 is 14.6 Å². The zero-order valence-electron chi connectivity index (χ0n) is 11.6. The van der Waals surface area contributed by atoms with Crippen molar-refractivity contribution in [3.8, 4) is 11.4 Å². The Morgan fingerprint density at radius 1 is 1.48 bits per heavy atom. The minimum atomic E-state index is -0.801. The van der Waals surface area contributed by atoms with E-state index in [1.54, 1.807) is 4.68 Å². The number of hydrogen-bond acceptors (Lipinski definition) is 5. The molecule has 0 amide bonds. The first-order valence-corrected chi connectivity index (χ1v) is 6.95. The van der Waals surface area contributed by atoms with Gasteiger partial charge in [-0.2, -0.15) is 4.68 Å².